The Balaban J connectivity index is 1.81. The Morgan fingerprint density at radius 2 is 2.12 bits per heavy atom. The third-order valence-corrected chi connectivity index (χ3v) is 4.20. The Morgan fingerprint density at radius 3 is 2.82 bits per heavy atom. The summed E-state index contributed by atoms with van der Waals surface area (Å²) in [5.41, 5.74) is 0.761. The van der Waals surface area contributed by atoms with Crippen molar-refractivity contribution >= 4 is 0 Å². The smallest absolute Gasteiger partial charge is 0.125 e. The van der Waals surface area contributed by atoms with Gasteiger partial charge in [0, 0.05) is 12.0 Å². The molecular formula is C15H20O2. The van der Waals surface area contributed by atoms with Crippen LogP contribution in [0.4, 0.5) is 0 Å². The van der Waals surface area contributed by atoms with E-state index in [0.717, 1.165) is 30.1 Å². The zero-order valence-electron chi connectivity index (χ0n) is 10.4. The standard InChI is InChI=1S/C15H20O2/c1-15(9-11-5-4-6-11)10-13(16)12-7-2-3-8-14(12)17-15/h2-3,7-8,11,13,16H,4-6,9-10H2,1H3/t13-,15?/m1/s1. The van der Waals surface area contributed by atoms with E-state index in [1.54, 1.807) is 0 Å². The van der Waals surface area contributed by atoms with Gasteiger partial charge in [-0.25, -0.2) is 0 Å². The lowest BCUT2D eigenvalue weighted by Crippen LogP contribution is -2.41. The number of hydrogen-bond acceptors (Lipinski definition) is 2. The van der Waals surface area contributed by atoms with Crippen LogP contribution in [0, 0.1) is 5.92 Å². The molecule has 17 heavy (non-hydrogen) atoms. The Bertz CT molecular complexity index is 411. The molecule has 1 aromatic rings. The summed E-state index contributed by atoms with van der Waals surface area (Å²) in [5.74, 6) is 1.67. The molecule has 1 aliphatic heterocycles. The molecule has 1 fully saturated rings. The Kier molecular flexibility index (Phi) is 2.62. The molecule has 0 radical (unpaired) electrons. The van der Waals surface area contributed by atoms with Crippen molar-refractivity contribution in [2.24, 2.45) is 5.92 Å². The van der Waals surface area contributed by atoms with E-state index in [9.17, 15) is 5.11 Å². The fourth-order valence-electron chi connectivity index (χ4n) is 3.11. The number of hydrogen-bond donors (Lipinski definition) is 1. The van der Waals surface area contributed by atoms with Crippen LogP contribution >= 0.6 is 0 Å². The molecule has 2 atom stereocenters. The van der Waals surface area contributed by atoms with Gasteiger partial charge in [-0.15, -0.1) is 0 Å². The molecule has 1 heterocycles. The topological polar surface area (TPSA) is 29.5 Å². The first-order chi connectivity index (χ1) is 8.16. The second kappa shape index (κ2) is 4.02. The third kappa shape index (κ3) is 2.06. The van der Waals surface area contributed by atoms with E-state index in [2.05, 4.69) is 6.92 Å². The van der Waals surface area contributed by atoms with Crippen LogP contribution in [0.5, 0.6) is 5.75 Å². The lowest BCUT2D eigenvalue weighted by molar-refractivity contribution is -0.0247. The average Bonchev–Trinajstić information content (AvgIpc) is 2.24. The van der Waals surface area contributed by atoms with Crippen LogP contribution in [0.2, 0.25) is 0 Å². The summed E-state index contributed by atoms with van der Waals surface area (Å²) in [6, 6.07) is 7.86. The number of aliphatic hydroxyl groups is 1. The van der Waals surface area contributed by atoms with Crippen molar-refractivity contribution < 1.29 is 9.84 Å². The lowest BCUT2D eigenvalue weighted by atomic mass is 9.75. The highest BCUT2D eigenvalue weighted by atomic mass is 16.5. The molecule has 1 unspecified atom stereocenters. The summed E-state index contributed by atoms with van der Waals surface area (Å²) < 4.78 is 6.14. The van der Waals surface area contributed by atoms with Gasteiger partial charge in [-0.1, -0.05) is 37.5 Å². The average molecular weight is 232 g/mol. The fourth-order valence-corrected chi connectivity index (χ4v) is 3.11. The van der Waals surface area contributed by atoms with E-state index < -0.39 is 0 Å². The van der Waals surface area contributed by atoms with Gasteiger partial charge < -0.3 is 9.84 Å². The van der Waals surface area contributed by atoms with Crippen molar-refractivity contribution in [2.45, 2.75) is 50.7 Å². The van der Waals surface area contributed by atoms with Crippen LogP contribution in [0.1, 0.15) is 50.7 Å². The SMILES string of the molecule is CC1(CC2CCC2)C[C@@H](O)c2ccccc2O1. The number of para-hydroxylation sites is 1. The van der Waals surface area contributed by atoms with Gasteiger partial charge in [0.2, 0.25) is 0 Å². The minimum absolute atomic E-state index is 0.182. The van der Waals surface area contributed by atoms with Gasteiger partial charge >= 0.3 is 0 Å². The molecule has 92 valence electrons. The van der Waals surface area contributed by atoms with Crippen molar-refractivity contribution in [3.05, 3.63) is 29.8 Å². The number of ether oxygens (including phenoxy) is 1. The van der Waals surface area contributed by atoms with E-state index in [1.807, 2.05) is 24.3 Å². The van der Waals surface area contributed by atoms with E-state index in [4.69, 9.17) is 4.74 Å². The van der Waals surface area contributed by atoms with Crippen molar-refractivity contribution in [1.29, 1.82) is 0 Å². The predicted molar refractivity (Wildman–Crippen MR) is 67.0 cm³/mol. The summed E-state index contributed by atoms with van der Waals surface area (Å²) in [4.78, 5) is 0. The van der Waals surface area contributed by atoms with E-state index in [1.165, 1.54) is 19.3 Å². The molecule has 1 aliphatic carbocycles. The summed E-state index contributed by atoms with van der Waals surface area (Å²) in [6.07, 6.45) is 5.46. The molecule has 2 aliphatic rings. The highest BCUT2D eigenvalue weighted by Crippen LogP contribution is 2.44. The third-order valence-electron chi connectivity index (χ3n) is 4.20. The Hall–Kier alpha value is -1.02. The van der Waals surface area contributed by atoms with Crippen LogP contribution in [-0.2, 0) is 0 Å². The van der Waals surface area contributed by atoms with Crippen LogP contribution in [0.25, 0.3) is 0 Å². The predicted octanol–water partition coefficient (Wildman–Crippen LogP) is 3.45. The molecule has 0 saturated heterocycles. The van der Waals surface area contributed by atoms with Crippen LogP contribution in [0.3, 0.4) is 0 Å². The molecule has 0 aromatic heterocycles. The first-order valence-corrected chi connectivity index (χ1v) is 6.62. The minimum atomic E-state index is -0.370. The van der Waals surface area contributed by atoms with E-state index in [0.29, 0.717) is 0 Å². The normalized spacial score (nSPS) is 32.5. The molecule has 0 amide bonds. The first-order valence-electron chi connectivity index (χ1n) is 6.62. The number of fused-ring (bicyclic) bond motifs is 1. The molecule has 3 rings (SSSR count). The molecule has 2 nitrogen and oxygen atoms in total. The summed E-state index contributed by atoms with van der Waals surface area (Å²) in [6.45, 7) is 2.14. The highest BCUT2D eigenvalue weighted by molar-refractivity contribution is 5.37. The van der Waals surface area contributed by atoms with Crippen LogP contribution in [-0.4, -0.2) is 10.7 Å². The molecule has 1 saturated carbocycles. The zero-order valence-corrected chi connectivity index (χ0v) is 10.4. The molecular weight excluding hydrogens is 212 g/mol. The van der Waals surface area contributed by atoms with Gasteiger partial charge in [-0.05, 0) is 25.3 Å². The van der Waals surface area contributed by atoms with Gasteiger partial charge in [0.15, 0.2) is 0 Å². The van der Waals surface area contributed by atoms with Gasteiger partial charge in [0.25, 0.3) is 0 Å². The van der Waals surface area contributed by atoms with E-state index in [-0.39, 0.29) is 11.7 Å². The molecule has 2 heteroatoms. The Morgan fingerprint density at radius 1 is 1.35 bits per heavy atom. The lowest BCUT2D eigenvalue weighted by Gasteiger charge is -2.42. The van der Waals surface area contributed by atoms with Gasteiger partial charge in [0.1, 0.15) is 11.4 Å². The quantitative estimate of drug-likeness (QED) is 0.846. The minimum Gasteiger partial charge on any atom is -0.487 e. The number of benzene rings is 1. The van der Waals surface area contributed by atoms with Gasteiger partial charge in [-0.3, -0.25) is 0 Å². The maximum atomic E-state index is 10.2. The maximum absolute atomic E-state index is 10.2. The van der Waals surface area contributed by atoms with Gasteiger partial charge in [0.05, 0.1) is 6.10 Å². The summed E-state index contributed by atoms with van der Waals surface area (Å²) in [5, 5.41) is 10.2. The highest BCUT2D eigenvalue weighted by Gasteiger charge is 2.39. The van der Waals surface area contributed by atoms with Crippen molar-refractivity contribution in [3.8, 4) is 5.75 Å². The van der Waals surface area contributed by atoms with Crippen LogP contribution in [0.15, 0.2) is 24.3 Å². The fraction of sp³-hybridized carbons (Fsp3) is 0.600. The molecule has 0 bridgehead atoms. The van der Waals surface area contributed by atoms with Crippen molar-refractivity contribution in [2.75, 3.05) is 0 Å². The maximum Gasteiger partial charge on any atom is 0.125 e. The van der Waals surface area contributed by atoms with Crippen molar-refractivity contribution in [1.82, 2.24) is 0 Å². The molecule has 0 spiro atoms. The second-order valence-corrected chi connectivity index (χ2v) is 5.81. The molecule has 1 N–H and O–H groups in total. The molecule has 1 aromatic carbocycles. The van der Waals surface area contributed by atoms with Crippen molar-refractivity contribution in [3.63, 3.8) is 0 Å². The van der Waals surface area contributed by atoms with E-state index >= 15 is 0 Å². The van der Waals surface area contributed by atoms with Crippen LogP contribution < -0.4 is 4.74 Å². The second-order valence-electron chi connectivity index (χ2n) is 5.81. The number of aliphatic hydroxyl groups excluding tert-OH is 1. The van der Waals surface area contributed by atoms with Gasteiger partial charge in [-0.2, -0.15) is 0 Å². The summed E-state index contributed by atoms with van der Waals surface area (Å²) in [7, 11) is 0. The zero-order chi connectivity index (χ0) is 11.9. The Labute approximate surface area is 103 Å². The largest absolute Gasteiger partial charge is 0.487 e. The number of rotatable bonds is 2. The first kappa shape index (κ1) is 11.1. The monoisotopic (exact) mass is 232 g/mol. The summed E-state index contributed by atoms with van der Waals surface area (Å²) >= 11 is 0.